The van der Waals surface area contributed by atoms with E-state index in [4.69, 9.17) is 0 Å². The van der Waals surface area contributed by atoms with E-state index >= 15 is 0 Å². The molecule has 0 bridgehead atoms. The van der Waals surface area contributed by atoms with Crippen molar-refractivity contribution in [2.24, 2.45) is 5.92 Å². The van der Waals surface area contributed by atoms with Crippen LogP contribution in [0.3, 0.4) is 0 Å². The Morgan fingerprint density at radius 3 is 2.53 bits per heavy atom. The van der Waals surface area contributed by atoms with Gasteiger partial charge in [0.15, 0.2) is 0 Å². The fraction of sp³-hybridized carbons (Fsp3) is 0.600. The van der Waals surface area contributed by atoms with Crippen molar-refractivity contribution in [2.45, 2.75) is 52.9 Å². The Hall–Kier alpha value is -0.780. The molecular weight excluding hydrogens is 180 g/mol. The molecule has 0 saturated heterocycles. The highest BCUT2D eigenvalue weighted by molar-refractivity contribution is 5.09. The molecule has 0 aromatic carbocycles. The first-order valence-electron chi connectivity index (χ1n) is 6.06. The topological polar surface area (TPSA) is 0 Å². The zero-order chi connectivity index (χ0) is 11.3. The van der Waals surface area contributed by atoms with Crippen LogP contribution in [0.4, 0.5) is 0 Å². The quantitative estimate of drug-likeness (QED) is 0.525. The summed E-state index contributed by atoms with van der Waals surface area (Å²) in [4.78, 5) is 0. The van der Waals surface area contributed by atoms with E-state index in [9.17, 15) is 0 Å². The molecule has 15 heavy (non-hydrogen) atoms. The smallest absolute Gasteiger partial charge is 0.0171 e. The summed E-state index contributed by atoms with van der Waals surface area (Å²) in [7, 11) is 0. The molecule has 0 saturated carbocycles. The minimum absolute atomic E-state index is 0.682. The van der Waals surface area contributed by atoms with Gasteiger partial charge in [-0.1, -0.05) is 35.5 Å². The van der Waals surface area contributed by atoms with Gasteiger partial charge in [0.25, 0.3) is 0 Å². The summed E-state index contributed by atoms with van der Waals surface area (Å²) in [6.45, 7) is 10.8. The molecule has 1 aliphatic rings. The molecule has 1 aliphatic carbocycles. The Morgan fingerprint density at radius 2 is 1.87 bits per heavy atom. The highest BCUT2D eigenvalue weighted by Gasteiger charge is 2.09. The van der Waals surface area contributed by atoms with Crippen LogP contribution in [0.25, 0.3) is 0 Å². The third kappa shape index (κ3) is 4.51. The fourth-order valence-electron chi connectivity index (χ4n) is 2.06. The SMILES string of the molecule is C=C(C)[C@@H]1C/C=C(\C)CC/C=C(\C)CC1. The van der Waals surface area contributed by atoms with Gasteiger partial charge in [-0.3, -0.25) is 0 Å². The highest BCUT2D eigenvalue weighted by Crippen LogP contribution is 2.25. The number of hydrogen-bond acceptors (Lipinski definition) is 0. The van der Waals surface area contributed by atoms with Crippen LogP contribution >= 0.6 is 0 Å². The first kappa shape index (κ1) is 12.3. The molecule has 0 heteroatoms. The predicted molar refractivity (Wildman–Crippen MR) is 68.9 cm³/mol. The minimum Gasteiger partial charge on any atom is -0.0998 e. The van der Waals surface area contributed by atoms with Crippen molar-refractivity contribution in [3.63, 3.8) is 0 Å². The second-order valence-electron chi connectivity index (χ2n) is 4.96. The molecule has 0 heterocycles. The maximum Gasteiger partial charge on any atom is -0.0171 e. The molecule has 0 aromatic rings. The lowest BCUT2D eigenvalue weighted by molar-refractivity contribution is 0.562. The van der Waals surface area contributed by atoms with Gasteiger partial charge in [0, 0.05) is 0 Å². The summed E-state index contributed by atoms with van der Waals surface area (Å²) in [5.74, 6) is 0.682. The van der Waals surface area contributed by atoms with Crippen molar-refractivity contribution in [3.8, 4) is 0 Å². The van der Waals surface area contributed by atoms with Crippen molar-refractivity contribution in [3.05, 3.63) is 35.5 Å². The Balaban J connectivity index is 2.70. The summed E-state index contributed by atoms with van der Waals surface area (Å²) in [6.07, 6.45) is 10.9. The largest absolute Gasteiger partial charge is 0.0998 e. The van der Waals surface area contributed by atoms with Crippen LogP contribution in [0.15, 0.2) is 35.5 Å². The maximum absolute atomic E-state index is 4.11. The van der Waals surface area contributed by atoms with Gasteiger partial charge in [0.2, 0.25) is 0 Å². The molecule has 0 fully saturated rings. The van der Waals surface area contributed by atoms with E-state index in [0.29, 0.717) is 5.92 Å². The Bertz CT molecular complexity index is 278. The van der Waals surface area contributed by atoms with E-state index in [1.165, 1.54) is 43.3 Å². The molecule has 0 nitrogen and oxygen atoms in total. The van der Waals surface area contributed by atoms with Crippen molar-refractivity contribution < 1.29 is 0 Å². The highest BCUT2D eigenvalue weighted by atomic mass is 14.1. The van der Waals surface area contributed by atoms with Crippen LogP contribution in [0.5, 0.6) is 0 Å². The molecular formula is C15H24. The standard InChI is InChI=1S/C15H24/c1-12(2)15-10-8-13(3)6-5-7-14(4)9-11-15/h6,9,15H,1,5,7-8,10-11H2,2-4H3/b13-6+,14-9+/t15-/m0/s1. The lowest BCUT2D eigenvalue weighted by Crippen LogP contribution is -2.02. The minimum atomic E-state index is 0.682. The number of allylic oxidation sites excluding steroid dienone is 5. The van der Waals surface area contributed by atoms with Gasteiger partial charge in [-0.15, -0.1) is 0 Å². The van der Waals surface area contributed by atoms with Gasteiger partial charge in [-0.05, 0) is 58.8 Å². The van der Waals surface area contributed by atoms with Crippen LogP contribution in [0, 0.1) is 5.92 Å². The van der Waals surface area contributed by atoms with E-state index in [1.54, 1.807) is 5.57 Å². The van der Waals surface area contributed by atoms with Crippen LogP contribution in [-0.4, -0.2) is 0 Å². The summed E-state index contributed by atoms with van der Waals surface area (Å²) >= 11 is 0. The first-order chi connectivity index (χ1) is 7.09. The average Bonchev–Trinajstić information content (AvgIpc) is 2.16. The van der Waals surface area contributed by atoms with E-state index < -0.39 is 0 Å². The van der Waals surface area contributed by atoms with Crippen LogP contribution in [0.2, 0.25) is 0 Å². The van der Waals surface area contributed by atoms with Gasteiger partial charge in [-0.2, -0.15) is 0 Å². The summed E-state index contributed by atoms with van der Waals surface area (Å²) in [5.41, 5.74) is 4.43. The molecule has 1 rings (SSSR count). The lowest BCUT2D eigenvalue weighted by Gasteiger charge is -2.17. The van der Waals surface area contributed by atoms with E-state index in [1.807, 2.05) is 0 Å². The third-order valence-electron chi connectivity index (χ3n) is 3.37. The zero-order valence-electron chi connectivity index (χ0n) is 10.5. The van der Waals surface area contributed by atoms with Crippen molar-refractivity contribution in [1.29, 1.82) is 0 Å². The monoisotopic (exact) mass is 204 g/mol. The van der Waals surface area contributed by atoms with Crippen molar-refractivity contribution in [2.75, 3.05) is 0 Å². The Morgan fingerprint density at radius 1 is 1.20 bits per heavy atom. The molecule has 0 amide bonds. The van der Waals surface area contributed by atoms with Crippen molar-refractivity contribution in [1.82, 2.24) is 0 Å². The summed E-state index contributed by atoms with van der Waals surface area (Å²) in [5, 5.41) is 0. The summed E-state index contributed by atoms with van der Waals surface area (Å²) in [6, 6.07) is 0. The summed E-state index contributed by atoms with van der Waals surface area (Å²) < 4.78 is 0. The van der Waals surface area contributed by atoms with E-state index in [-0.39, 0.29) is 0 Å². The first-order valence-corrected chi connectivity index (χ1v) is 6.06. The molecule has 0 N–H and O–H groups in total. The van der Waals surface area contributed by atoms with Crippen LogP contribution in [-0.2, 0) is 0 Å². The van der Waals surface area contributed by atoms with Gasteiger partial charge >= 0.3 is 0 Å². The molecule has 1 atom stereocenters. The van der Waals surface area contributed by atoms with Gasteiger partial charge in [0.1, 0.15) is 0 Å². The van der Waals surface area contributed by atoms with Crippen LogP contribution in [0.1, 0.15) is 52.9 Å². The van der Waals surface area contributed by atoms with Gasteiger partial charge in [-0.25, -0.2) is 0 Å². The third-order valence-corrected chi connectivity index (χ3v) is 3.37. The Labute approximate surface area is 94.8 Å². The molecule has 0 spiro atoms. The fourth-order valence-corrected chi connectivity index (χ4v) is 2.06. The number of rotatable bonds is 1. The molecule has 0 aromatic heterocycles. The molecule has 84 valence electrons. The average molecular weight is 204 g/mol. The van der Waals surface area contributed by atoms with Gasteiger partial charge in [0.05, 0.1) is 0 Å². The maximum atomic E-state index is 4.11. The zero-order valence-corrected chi connectivity index (χ0v) is 10.5. The van der Waals surface area contributed by atoms with E-state index in [2.05, 4.69) is 39.5 Å². The van der Waals surface area contributed by atoms with Gasteiger partial charge < -0.3 is 0 Å². The van der Waals surface area contributed by atoms with Crippen molar-refractivity contribution >= 4 is 0 Å². The second kappa shape index (κ2) is 5.95. The second-order valence-corrected chi connectivity index (χ2v) is 4.96. The number of hydrogen-bond donors (Lipinski definition) is 0. The van der Waals surface area contributed by atoms with Crippen LogP contribution < -0.4 is 0 Å². The van der Waals surface area contributed by atoms with E-state index in [0.717, 1.165) is 0 Å². The molecule has 0 radical (unpaired) electrons. The normalized spacial score (nSPS) is 31.0. The predicted octanol–water partition coefficient (Wildman–Crippen LogP) is 5.04. The lowest BCUT2D eigenvalue weighted by atomic mass is 9.89. The Kier molecular flexibility index (Phi) is 4.87. The molecule has 0 unspecified atom stereocenters. The molecule has 0 aliphatic heterocycles.